The van der Waals surface area contributed by atoms with Crippen LogP contribution in [0.2, 0.25) is 0 Å². The molecule has 0 unspecified atom stereocenters. The summed E-state index contributed by atoms with van der Waals surface area (Å²) >= 11 is 0. The van der Waals surface area contributed by atoms with Gasteiger partial charge in [-0.25, -0.2) is 0 Å². The maximum atomic E-state index is 2.44. The molecule has 10 aromatic carbocycles. The van der Waals surface area contributed by atoms with Crippen molar-refractivity contribution in [3.05, 3.63) is 193 Å². The molecule has 0 bridgehead atoms. The van der Waals surface area contributed by atoms with E-state index in [2.05, 4.69) is 196 Å². The SMILES string of the molecule is CC1(C)c2ccccc2-c2ccc(-c3ccc(-c4ccc5ccc(-c6ccc7c8ccccc8c8ccccc8c7c6)cc5c4)c4ccccc34)cc21. The second kappa shape index (κ2) is 11.2. The second-order valence-electron chi connectivity index (χ2n) is 15.3. The molecule has 0 saturated carbocycles. The predicted octanol–water partition coefficient (Wildman–Crippen LogP) is 14.8. The maximum Gasteiger partial charge on any atom is 0.0159 e. The van der Waals surface area contributed by atoms with Gasteiger partial charge in [0.1, 0.15) is 0 Å². The first kappa shape index (κ1) is 30.2. The summed E-state index contributed by atoms with van der Waals surface area (Å²) in [6.07, 6.45) is 0. The van der Waals surface area contributed by atoms with Crippen LogP contribution in [0.3, 0.4) is 0 Å². The van der Waals surface area contributed by atoms with Gasteiger partial charge in [-0.1, -0.05) is 172 Å². The highest BCUT2D eigenvalue weighted by molar-refractivity contribution is 6.25. The van der Waals surface area contributed by atoms with Crippen molar-refractivity contribution < 1.29 is 0 Å². The Labute approximate surface area is 309 Å². The van der Waals surface area contributed by atoms with Crippen LogP contribution in [-0.2, 0) is 5.41 Å². The molecule has 0 radical (unpaired) electrons. The van der Waals surface area contributed by atoms with Gasteiger partial charge in [0.05, 0.1) is 0 Å². The summed E-state index contributed by atoms with van der Waals surface area (Å²) in [5.74, 6) is 0. The number of benzene rings is 10. The summed E-state index contributed by atoms with van der Waals surface area (Å²) in [7, 11) is 0. The van der Waals surface area contributed by atoms with Crippen LogP contribution in [-0.4, -0.2) is 0 Å². The third kappa shape index (κ3) is 4.49. The Bertz CT molecular complexity index is 3100. The lowest BCUT2D eigenvalue weighted by Crippen LogP contribution is -2.14. The molecule has 0 N–H and O–H groups in total. The van der Waals surface area contributed by atoms with Crippen molar-refractivity contribution in [2.45, 2.75) is 19.3 Å². The van der Waals surface area contributed by atoms with Gasteiger partial charge in [-0.05, 0) is 134 Å². The molecule has 11 rings (SSSR count). The molecular formula is C53H36. The quantitative estimate of drug-likeness (QED) is 0.164. The van der Waals surface area contributed by atoms with E-state index in [0.717, 1.165) is 0 Å². The molecule has 1 aliphatic carbocycles. The summed E-state index contributed by atoms with van der Waals surface area (Å²) in [5.41, 5.74) is 13.0. The molecule has 53 heavy (non-hydrogen) atoms. The minimum absolute atomic E-state index is 0.0311. The summed E-state index contributed by atoms with van der Waals surface area (Å²) < 4.78 is 0. The van der Waals surface area contributed by atoms with Crippen molar-refractivity contribution in [3.8, 4) is 44.5 Å². The first-order chi connectivity index (χ1) is 26.0. The molecule has 0 amide bonds. The Balaban J connectivity index is 1.02. The van der Waals surface area contributed by atoms with Crippen LogP contribution in [0.15, 0.2) is 182 Å². The Kier molecular flexibility index (Phi) is 6.40. The van der Waals surface area contributed by atoms with Crippen molar-refractivity contribution >= 4 is 53.9 Å². The fourth-order valence-electron chi connectivity index (χ4n) is 9.36. The molecule has 0 heteroatoms. The van der Waals surface area contributed by atoms with Crippen LogP contribution < -0.4 is 0 Å². The van der Waals surface area contributed by atoms with Gasteiger partial charge in [0, 0.05) is 5.41 Å². The van der Waals surface area contributed by atoms with Gasteiger partial charge < -0.3 is 0 Å². The highest BCUT2D eigenvalue weighted by Crippen LogP contribution is 2.50. The smallest absolute Gasteiger partial charge is 0.0159 e. The maximum absolute atomic E-state index is 2.44. The van der Waals surface area contributed by atoms with Crippen molar-refractivity contribution in [1.82, 2.24) is 0 Å². The molecule has 1 aliphatic rings. The fraction of sp³-hybridized carbons (Fsp3) is 0.0566. The zero-order valence-corrected chi connectivity index (χ0v) is 29.8. The minimum atomic E-state index is -0.0311. The van der Waals surface area contributed by atoms with Crippen LogP contribution >= 0.6 is 0 Å². The van der Waals surface area contributed by atoms with Crippen molar-refractivity contribution in [1.29, 1.82) is 0 Å². The number of hydrogen-bond acceptors (Lipinski definition) is 0. The Hall–Kier alpha value is -6.50. The minimum Gasteiger partial charge on any atom is -0.0619 e. The van der Waals surface area contributed by atoms with Crippen LogP contribution in [0.1, 0.15) is 25.0 Å². The van der Waals surface area contributed by atoms with Crippen LogP contribution in [0.25, 0.3) is 98.4 Å². The molecule has 0 aromatic heterocycles. The molecular weight excluding hydrogens is 637 g/mol. The summed E-state index contributed by atoms with van der Waals surface area (Å²) in [4.78, 5) is 0. The van der Waals surface area contributed by atoms with Gasteiger partial charge in [-0.3, -0.25) is 0 Å². The summed E-state index contributed by atoms with van der Waals surface area (Å²) in [6, 6.07) is 68.0. The lowest BCUT2D eigenvalue weighted by atomic mass is 9.81. The highest BCUT2D eigenvalue weighted by atomic mass is 14.4. The zero-order chi connectivity index (χ0) is 35.3. The summed E-state index contributed by atoms with van der Waals surface area (Å²) in [6.45, 7) is 4.72. The van der Waals surface area contributed by atoms with E-state index in [0.29, 0.717) is 0 Å². The van der Waals surface area contributed by atoms with Crippen molar-refractivity contribution in [3.63, 3.8) is 0 Å². The molecule has 0 nitrogen and oxygen atoms in total. The normalized spacial score (nSPS) is 13.2. The van der Waals surface area contributed by atoms with Gasteiger partial charge >= 0.3 is 0 Å². The van der Waals surface area contributed by atoms with E-state index in [9.17, 15) is 0 Å². The van der Waals surface area contributed by atoms with Gasteiger partial charge in [0.2, 0.25) is 0 Å². The topological polar surface area (TPSA) is 0 Å². The van der Waals surface area contributed by atoms with E-state index < -0.39 is 0 Å². The zero-order valence-electron chi connectivity index (χ0n) is 29.8. The molecule has 0 saturated heterocycles. The van der Waals surface area contributed by atoms with E-state index >= 15 is 0 Å². The molecule has 248 valence electrons. The molecule has 0 fully saturated rings. The first-order valence-corrected chi connectivity index (χ1v) is 18.7. The van der Waals surface area contributed by atoms with E-state index in [-0.39, 0.29) is 5.41 Å². The Morgan fingerprint density at radius 2 is 0.698 bits per heavy atom. The molecule has 0 atom stereocenters. The number of hydrogen-bond donors (Lipinski definition) is 0. The van der Waals surface area contributed by atoms with Gasteiger partial charge in [-0.2, -0.15) is 0 Å². The van der Waals surface area contributed by atoms with E-state index in [1.807, 2.05) is 0 Å². The first-order valence-electron chi connectivity index (χ1n) is 18.7. The van der Waals surface area contributed by atoms with Crippen molar-refractivity contribution in [2.24, 2.45) is 0 Å². The van der Waals surface area contributed by atoms with Crippen LogP contribution in [0.5, 0.6) is 0 Å². The molecule has 10 aromatic rings. The lowest BCUT2D eigenvalue weighted by molar-refractivity contribution is 0.660. The largest absolute Gasteiger partial charge is 0.0619 e. The van der Waals surface area contributed by atoms with E-state index in [4.69, 9.17) is 0 Å². The molecule has 0 aliphatic heterocycles. The van der Waals surface area contributed by atoms with Crippen molar-refractivity contribution in [2.75, 3.05) is 0 Å². The lowest BCUT2D eigenvalue weighted by Gasteiger charge is -2.22. The Morgan fingerprint density at radius 3 is 1.38 bits per heavy atom. The highest BCUT2D eigenvalue weighted by Gasteiger charge is 2.35. The van der Waals surface area contributed by atoms with Gasteiger partial charge in [0.25, 0.3) is 0 Å². The number of rotatable bonds is 3. The molecule has 0 spiro atoms. The second-order valence-corrected chi connectivity index (χ2v) is 15.3. The third-order valence-corrected chi connectivity index (χ3v) is 12.0. The Morgan fingerprint density at radius 1 is 0.264 bits per heavy atom. The number of fused-ring (bicyclic) bond motifs is 11. The molecule has 0 heterocycles. The van der Waals surface area contributed by atoms with Gasteiger partial charge in [0.15, 0.2) is 0 Å². The van der Waals surface area contributed by atoms with E-state index in [1.54, 1.807) is 0 Å². The average molecular weight is 673 g/mol. The standard InChI is InChI=1S/C53H36/c1-53(2)51-18-10-9-17-48(51)49-26-24-37(32-52(49)53)40-28-27-39(41-11-3-4-12-42(40)41)36-22-20-33-19-21-34(29-38(33)30-36)35-23-25-47-45-15-6-5-13-43(45)44-14-7-8-16-46(44)50(47)31-35/h3-32H,1-2H3. The third-order valence-electron chi connectivity index (χ3n) is 12.0. The monoisotopic (exact) mass is 672 g/mol. The van der Waals surface area contributed by atoms with Crippen LogP contribution in [0.4, 0.5) is 0 Å². The van der Waals surface area contributed by atoms with Crippen LogP contribution in [0, 0.1) is 0 Å². The summed E-state index contributed by atoms with van der Waals surface area (Å²) in [5, 5.41) is 12.9. The van der Waals surface area contributed by atoms with Gasteiger partial charge in [-0.15, -0.1) is 0 Å². The predicted molar refractivity (Wildman–Crippen MR) is 228 cm³/mol. The van der Waals surface area contributed by atoms with E-state index in [1.165, 1.54) is 109 Å². The fourth-order valence-corrected chi connectivity index (χ4v) is 9.36. The average Bonchev–Trinajstić information content (AvgIpc) is 3.45.